The number of thioether (sulfide) groups is 1. The van der Waals surface area contributed by atoms with Gasteiger partial charge in [-0.1, -0.05) is 23.9 Å². The summed E-state index contributed by atoms with van der Waals surface area (Å²) in [4.78, 5) is 10.7. The van der Waals surface area contributed by atoms with Gasteiger partial charge in [-0.2, -0.15) is 0 Å². The summed E-state index contributed by atoms with van der Waals surface area (Å²) in [7, 11) is -3.64. The maximum absolute atomic E-state index is 12.9. The van der Waals surface area contributed by atoms with Crippen molar-refractivity contribution in [3.8, 4) is 0 Å². The fourth-order valence-corrected chi connectivity index (χ4v) is 7.86. The minimum absolute atomic E-state index is 0.0189. The number of anilines is 1. The van der Waals surface area contributed by atoms with E-state index in [-0.39, 0.29) is 4.75 Å². The first kappa shape index (κ1) is 22.0. The van der Waals surface area contributed by atoms with Crippen LogP contribution in [0.25, 0.3) is 10.9 Å². The van der Waals surface area contributed by atoms with Crippen molar-refractivity contribution in [2.45, 2.75) is 22.8 Å². The van der Waals surface area contributed by atoms with E-state index < -0.39 is 10.0 Å². The number of nitrogens with one attached hydrogen (secondary N) is 2. The van der Waals surface area contributed by atoms with Gasteiger partial charge in [-0.05, 0) is 43.0 Å². The number of morpholine rings is 1. The summed E-state index contributed by atoms with van der Waals surface area (Å²) in [6.07, 6.45) is 0. The predicted octanol–water partition coefficient (Wildman–Crippen LogP) is 3.92. The van der Waals surface area contributed by atoms with Gasteiger partial charge in [0, 0.05) is 25.0 Å². The fraction of sp³-hybridized carbons (Fsp3) is 0.409. The number of hydrogen-bond donors (Lipinski definition) is 2. The highest BCUT2D eigenvalue weighted by Gasteiger charge is 2.35. The van der Waals surface area contributed by atoms with Gasteiger partial charge in [-0.15, -0.1) is 11.3 Å². The zero-order chi connectivity index (χ0) is 22.3. The van der Waals surface area contributed by atoms with Crippen LogP contribution in [0.4, 0.5) is 5.69 Å². The van der Waals surface area contributed by atoms with Crippen molar-refractivity contribution >= 4 is 54.8 Å². The van der Waals surface area contributed by atoms with E-state index in [0.717, 1.165) is 66.6 Å². The minimum Gasteiger partial charge on any atom is -0.379 e. The monoisotopic (exact) mass is 490 g/mol. The third-order valence-corrected chi connectivity index (χ3v) is 10.1. The van der Waals surface area contributed by atoms with Gasteiger partial charge in [0.15, 0.2) is 0 Å². The standard InChI is InChI=1S/C22H26N4O3S3/c1-15-6-11-30-21(15)32(27,28)25-17-5-3-4-16-12-18(24-19(16)17)20-23-13-22(2,31-20)14-26-7-9-29-10-8-26/h3-6,11-12,24-25H,7-10,13-14H2,1-2H3. The number of benzene rings is 1. The van der Waals surface area contributed by atoms with Crippen LogP contribution in [-0.2, 0) is 14.8 Å². The van der Waals surface area contributed by atoms with Crippen molar-refractivity contribution in [1.29, 1.82) is 0 Å². The molecule has 7 nitrogen and oxygen atoms in total. The molecule has 32 heavy (non-hydrogen) atoms. The number of H-pyrrole nitrogens is 1. The highest BCUT2D eigenvalue weighted by molar-refractivity contribution is 8.15. The molecule has 0 saturated carbocycles. The highest BCUT2D eigenvalue weighted by atomic mass is 32.2. The molecule has 2 aromatic heterocycles. The third-order valence-electron chi connectivity index (χ3n) is 5.75. The van der Waals surface area contributed by atoms with E-state index in [4.69, 9.17) is 9.73 Å². The lowest BCUT2D eigenvalue weighted by atomic mass is 10.1. The van der Waals surface area contributed by atoms with Crippen LogP contribution in [0.2, 0.25) is 0 Å². The van der Waals surface area contributed by atoms with Gasteiger partial charge in [0.25, 0.3) is 10.0 Å². The number of fused-ring (bicyclic) bond motifs is 1. The first-order chi connectivity index (χ1) is 15.3. The number of sulfonamides is 1. The summed E-state index contributed by atoms with van der Waals surface area (Å²) >= 11 is 3.02. The van der Waals surface area contributed by atoms with Crippen LogP contribution in [0.1, 0.15) is 18.2 Å². The average Bonchev–Trinajstić information content (AvgIpc) is 3.47. The Bertz CT molecular complexity index is 1270. The zero-order valence-electron chi connectivity index (χ0n) is 18.1. The molecule has 1 saturated heterocycles. The van der Waals surface area contributed by atoms with Crippen LogP contribution in [0.3, 0.4) is 0 Å². The summed E-state index contributed by atoms with van der Waals surface area (Å²) in [5.74, 6) is 0. The summed E-state index contributed by atoms with van der Waals surface area (Å²) in [5, 5.41) is 3.72. The molecule has 0 amide bonds. The number of rotatable bonds is 6. The first-order valence-corrected chi connectivity index (χ1v) is 13.7. The van der Waals surface area contributed by atoms with E-state index in [1.165, 1.54) is 11.3 Å². The van der Waals surface area contributed by atoms with Crippen molar-refractivity contribution in [3.05, 3.63) is 47.0 Å². The van der Waals surface area contributed by atoms with E-state index in [9.17, 15) is 8.42 Å². The van der Waals surface area contributed by atoms with Crippen LogP contribution in [0, 0.1) is 6.92 Å². The highest BCUT2D eigenvalue weighted by Crippen LogP contribution is 2.37. The second-order valence-corrected chi connectivity index (χ2v) is 12.9. The normalized spacial score (nSPS) is 22.4. The molecule has 0 spiro atoms. The smallest absolute Gasteiger partial charge is 0.271 e. The third kappa shape index (κ3) is 4.34. The number of aromatic nitrogens is 1. The summed E-state index contributed by atoms with van der Waals surface area (Å²) < 4.78 is 34.4. The molecule has 1 aromatic carbocycles. The van der Waals surface area contributed by atoms with E-state index in [0.29, 0.717) is 9.90 Å². The van der Waals surface area contributed by atoms with Crippen LogP contribution in [0.15, 0.2) is 44.9 Å². The summed E-state index contributed by atoms with van der Waals surface area (Å²) in [6.45, 7) is 9.31. The topological polar surface area (TPSA) is 86.8 Å². The van der Waals surface area contributed by atoms with Crippen LogP contribution in [0.5, 0.6) is 0 Å². The largest absolute Gasteiger partial charge is 0.379 e. The molecule has 10 heteroatoms. The maximum Gasteiger partial charge on any atom is 0.271 e. The van der Waals surface area contributed by atoms with Crippen molar-refractivity contribution in [1.82, 2.24) is 9.88 Å². The molecule has 1 atom stereocenters. The minimum atomic E-state index is -3.64. The van der Waals surface area contributed by atoms with Gasteiger partial charge in [0.1, 0.15) is 9.25 Å². The molecule has 0 aliphatic carbocycles. The number of nitrogens with zero attached hydrogens (tertiary/aromatic N) is 2. The van der Waals surface area contributed by atoms with Crippen molar-refractivity contribution < 1.29 is 13.2 Å². The van der Waals surface area contributed by atoms with Crippen LogP contribution < -0.4 is 4.72 Å². The van der Waals surface area contributed by atoms with Gasteiger partial charge in [0.05, 0.1) is 41.4 Å². The number of para-hydroxylation sites is 1. The van der Waals surface area contributed by atoms with E-state index >= 15 is 0 Å². The average molecular weight is 491 g/mol. The molecule has 1 fully saturated rings. The number of aryl methyl sites for hydroxylation is 1. The van der Waals surface area contributed by atoms with Gasteiger partial charge >= 0.3 is 0 Å². The summed E-state index contributed by atoms with van der Waals surface area (Å²) in [6, 6.07) is 9.50. The lowest BCUT2D eigenvalue weighted by Crippen LogP contribution is -2.45. The molecule has 0 bridgehead atoms. The second-order valence-electron chi connectivity index (χ2n) is 8.51. The maximum atomic E-state index is 12.9. The Labute approximate surface area is 196 Å². The Morgan fingerprint density at radius 1 is 1.28 bits per heavy atom. The van der Waals surface area contributed by atoms with Gasteiger partial charge in [-0.25, -0.2) is 8.42 Å². The molecule has 0 radical (unpaired) electrons. The van der Waals surface area contributed by atoms with Crippen LogP contribution in [-0.4, -0.2) is 67.5 Å². The quantitative estimate of drug-likeness (QED) is 0.547. The number of hydrogen-bond acceptors (Lipinski definition) is 7. The lowest BCUT2D eigenvalue weighted by Gasteiger charge is -2.33. The Hall–Kier alpha value is -1.85. The molecular formula is C22H26N4O3S3. The molecule has 5 rings (SSSR count). The molecule has 2 aliphatic heterocycles. The molecule has 2 N–H and O–H groups in total. The molecule has 170 valence electrons. The number of thiophene rings is 1. The van der Waals surface area contributed by atoms with E-state index in [1.54, 1.807) is 23.2 Å². The Balaban J connectivity index is 1.37. The van der Waals surface area contributed by atoms with Crippen molar-refractivity contribution in [2.75, 3.05) is 44.1 Å². The second kappa shape index (κ2) is 8.49. The number of aliphatic imine (C=N–C) groups is 1. The Kier molecular flexibility index (Phi) is 5.83. The Morgan fingerprint density at radius 3 is 2.84 bits per heavy atom. The molecule has 1 unspecified atom stereocenters. The van der Waals surface area contributed by atoms with Crippen LogP contribution >= 0.6 is 23.1 Å². The SMILES string of the molecule is Cc1ccsc1S(=O)(=O)Nc1cccc2cc(C3=NCC(C)(CN4CCOCC4)S3)[nH]c12. The van der Waals surface area contributed by atoms with Gasteiger partial charge in [-0.3, -0.25) is 14.6 Å². The molecular weight excluding hydrogens is 464 g/mol. The zero-order valence-corrected chi connectivity index (χ0v) is 20.5. The molecule has 2 aliphatic rings. The van der Waals surface area contributed by atoms with Gasteiger partial charge in [0.2, 0.25) is 0 Å². The fourth-order valence-electron chi connectivity index (χ4n) is 4.17. The first-order valence-electron chi connectivity index (χ1n) is 10.6. The predicted molar refractivity (Wildman–Crippen MR) is 133 cm³/mol. The van der Waals surface area contributed by atoms with E-state index in [1.807, 2.05) is 25.1 Å². The van der Waals surface area contributed by atoms with E-state index in [2.05, 4.69) is 27.6 Å². The lowest BCUT2D eigenvalue weighted by molar-refractivity contribution is 0.0347. The number of aromatic amines is 1. The Morgan fingerprint density at radius 2 is 2.09 bits per heavy atom. The molecule has 4 heterocycles. The van der Waals surface area contributed by atoms with Crippen molar-refractivity contribution in [2.24, 2.45) is 4.99 Å². The van der Waals surface area contributed by atoms with Gasteiger partial charge < -0.3 is 9.72 Å². The van der Waals surface area contributed by atoms with Crippen molar-refractivity contribution in [3.63, 3.8) is 0 Å². The molecule has 3 aromatic rings. The summed E-state index contributed by atoms with van der Waals surface area (Å²) in [5.41, 5.74) is 2.99. The number of ether oxygens (including phenoxy) is 1.